The maximum absolute atomic E-state index is 14.0. The molecule has 1 amide bonds. The van der Waals surface area contributed by atoms with Gasteiger partial charge in [0.2, 0.25) is 0 Å². The number of carbonyl (C=O) groups is 1. The van der Waals surface area contributed by atoms with Crippen molar-refractivity contribution in [3.05, 3.63) is 94.6 Å². The van der Waals surface area contributed by atoms with Gasteiger partial charge in [0.15, 0.2) is 5.17 Å². The van der Waals surface area contributed by atoms with E-state index >= 15 is 0 Å². The van der Waals surface area contributed by atoms with E-state index in [4.69, 9.17) is 9.47 Å². The third kappa shape index (κ3) is 5.26. The molecule has 1 saturated heterocycles. The molecule has 33 heavy (non-hydrogen) atoms. The van der Waals surface area contributed by atoms with Crippen LogP contribution >= 0.6 is 11.8 Å². The van der Waals surface area contributed by atoms with Crippen LogP contribution in [0.2, 0.25) is 0 Å². The van der Waals surface area contributed by atoms with Gasteiger partial charge < -0.3 is 9.47 Å². The van der Waals surface area contributed by atoms with Gasteiger partial charge in [0.25, 0.3) is 5.91 Å². The van der Waals surface area contributed by atoms with Crippen LogP contribution in [0.4, 0.5) is 10.1 Å². The Kier molecular flexibility index (Phi) is 7.10. The summed E-state index contributed by atoms with van der Waals surface area (Å²) in [6, 6.07) is 21.3. The minimum Gasteiger partial charge on any atom is -0.497 e. The maximum atomic E-state index is 14.0. The first-order valence-corrected chi connectivity index (χ1v) is 11.3. The highest BCUT2D eigenvalue weighted by Gasteiger charge is 2.32. The van der Waals surface area contributed by atoms with E-state index in [1.807, 2.05) is 49.4 Å². The fourth-order valence-corrected chi connectivity index (χ4v) is 4.33. The molecule has 0 spiro atoms. The standard InChI is InChI=1S/C26H23FN2O3S/c1-3-29-25(30)24(33-26(29)28-20-12-14-21(31-2)15-13-20)16-18-8-5-7-11-23(18)32-17-19-9-4-6-10-22(19)27/h4-16H,3,17H2,1-2H3/b24-16+,28-26?. The Morgan fingerprint density at radius 2 is 1.76 bits per heavy atom. The van der Waals surface area contributed by atoms with Crippen LogP contribution in [0.5, 0.6) is 11.5 Å². The summed E-state index contributed by atoms with van der Waals surface area (Å²) in [7, 11) is 1.61. The molecule has 5 nitrogen and oxygen atoms in total. The molecular weight excluding hydrogens is 439 g/mol. The molecule has 1 fully saturated rings. The van der Waals surface area contributed by atoms with Gasteiger partial charge in [-0.05, 0) is 61.2 Å². The fraction of sp³-hybridized carbons (Fsp3) is 0.154. The van der Waals surface area contributed by atoms with Gasteiger partial charge in [-0.1, -0.05) is 36.4 Å². The third-order valence-electron chi connectivity index (χ3n) is 5.05. The maximum Gasteiger partial charge on any atom is 0.266 e. The number of nitrogens with zero attached hydrogens (tertiary/aromatic N) is 2. The largest absolute Gasteiger partial charge is 0.497 e. The molecule has 0 unspecified atom stereocenters. The number of benzene rings is 3. The molecule has 0 saturated carbocycles. The number of rotatable bonds is 7. The van der Waals surface area contributed by atoms with Crippen molar-refractivity contribution in [2.45, 2.75) is 13.5 Å². The van der Waals surface area contributed by atoms with Crippen LogP contribution < -0.4 is 9.47 Å². The summed E-state index contributed by atoms with van der Waals surface area (Å²) in [4.78, 5) is 19.9. The molecule has 3 aromatic rings. The number of aliphatic imine (C=N–C) groups is 1. The van der Waals surface area contributed by atoms with E-state index in [2.05, 4.69) is 4.99 Å². The zero-order valence-electron chi connectivity index (χ0n) is 18.3. The number of thioether (sulfide) groups is 1. The minimum absolute atomic E-state index is 0.0964. The summed E-state index contributed by atoms with van der Waals surface area (Å²) >= 11 is 1.32. The van der Waals surface area contributed by atoms with Crippen LogP contribution in [0.3, 0.4) is 0 Å². The van der Waals surface area contributed by atoms with Gasteiger partial charge in [0.1, 0.15) is 23.9 Å². The number of hydrogen-bond donors (Lipinski definition) is 0. The van der Waals surface area contributed by atoms with Crippen LogP contribution in [-0.2, 0) is 11.4 Å². The lowest BCUT2D eigenvalue weighted by Crippen LogP contribution is -2.28. The van der Waals surface area contributed by atoms with E-state index in [1.54, 1.807) is 42.4 Å². The van der Waals surface area contributed by atoms with E-state index in [0.29, 0.717) is 27.9 Å². The lowest BCUT2D eigenvalue weighted by Gasteiger charge is -2.12. The van der Waals surface area contributed by atoms with Crippen molar-refractivity contribution >= 4 is 34.6 Å². The molecule has 0 bridgehead atoms. The van der Waals surface area contributed by atoms with Crippen LogP contribution in [0.1, 0.15) is 18.1 Å². The van der Waals surface area contributed by atoms with Gasteiger partial charge in [-0.3, -0.25) is 9.69 Å². The number of para-hydroxylation sites is 1. The van der Waals surface area contributed by atoms with Gasteiger partial charge in [-0.15, -0.1) is 0 Å². The molecule has 1 aliphatic heterocycles. The predicted octanol–water partition coefficient (Wildman–Crippen LogP) is 6.04. The average molecular weight is 463 g/mol. The summed E-state index contributed by atoms with van der Waals surface area (Å²) in [5.41, 5.74) is 1.95. The highest BCUT2D eigenvalue weighted by molar-refractivity contribution is 8.18. The number of amides is 1. The fourth-order valence-electron chi connectivity index (χ4n) is 3.28. The molecule has 3 aromatic carbocycles. The van der Waals surface area contributed by atoms with E-state index in [9.17, 15) is 9.18 Å². The smallest absolute Gasteiger partial charge is 0.266 e. The molecule has 0 aromatic heterocycles. The molecule has 1 aliphatic rings. The number of hydrogen-bond acceptors (Lipinski definition) is 5. The summed E-state index contributed by atoms with van der Waals surface area (Å²) < 4.78 is 25.0. The van der Waals surface area contributed by atoms with Crippen LogP contribution in [0.25, 0.3) is 6.08 Å². The minimum atomic E-state index is -0.312. The van der Waals surface area contributed by atoms with E-state index < -0.39 is 0 Å². The first-order chi connectivity index (χ1) is 16.1. The Bertz CT molecular complexity index is 1210. The first-order valence-electron chi connectivity index (χ1n) is 10.5. The SMILES string of the molecule is CCN1C(=O)/C(=C\c2ccccc2OCc2ccccc2F)SC1=Nc1ccc(OC)cc1. The zero-order valence-corrected chi connectivity index (χ0v) is 19.1. The van der Waals surface area contributed by atoms with Crippen molar-refractivity contribution < 1.29 is 18.7 Å². The highest BCUT2D eigenvalue weighted by Crippen LogP contribution is 2.35. The molecular formula is C26H23FN2O3S. The summed E-state index contributed by atoms with van der Waals surface area (Å²) in [6.45, 7) is 2.51. The normalized spacial score (nSPS) is 16.0. The zero-order chi connectivity index (χ0) is 23.2. The van der Waals surface area contributed by atoms with Crippen LogP contribution in [0.15, 0.2) is 82.7 Å². The Hall–Kier alpha value is -3.58. The molecule has 7 heteroatoms. The van der Waals surface area contributed by atoms with E-state index in [-0.39, 0.29) is 18.3 Å². The summed E-state index contributed by atoms with van der Waals surface area (Å²) in [6.07, 6.45) is 1.79. The van der Waals surface area contributed by atoms with Crippen molar-refractivity contribution in [3.8, 4) is 11.5 Å². The average Bonchev–Trinajstić information content (AvgIpc) is 3.13. The van der Waals surface area contributed by atoms with Crippen LogP contribution in [0, 0.1) is 5.82 Å². The lowest BCUT2D eigenvalue weighted by molar-refractivity contribution is -0.122. The second kappa shape index (κ2) is 10.4. The number of carbonyl (C=O) groups excluding carboxylic acids is 1. The number of methoxy groups -OCH3 is 1. The molecule has 0 aliphatic carbocycles. The topological polar surface area (TPSA) is 51.1 Å². The van der Waals surface area contributed by atoms with Crippen molar-refractivity contribution in [2.75, 3.05) is 13.7 Å². The van der Waals surface area contributed by atoms with Gasteiger partial charge in [-0.25, -0.2) is 9.38 Å². The number of halogens is 1. The number of ether oxygens (including phenoxy) is 2. The Balaban J connectivity index is 1.58. The van der Waals surface area contributed by atoms with Crippen molar-refractivity contribution in [2.24, 2.45) is 4.99 Å². The van der Waals surface area contributed by atoms with Crippen molar-refractivity contribution in [1.29, 1.82) is 0 Å². The van der Waals surface area contributed by atoms with Crippen molar-refractivity contribution in [3.63, 3.8) is 0 Å². The predicted molar refractivity (Wildman–Crippen MR) is 130 cm³/mol. The quantitative estimate of drug-likeness (QED) is 0.402. The molecule has 168 valence electrons. The Labute approximate surface area is 196 Å². The van der Waals surface area contributed by atoms with E-state index in [0.717, 1.165) is 17.0 Å². The Morgan fingerprint density at radius 3 is 2.48 bits per heavy atom. The van der Waals surface area contributed by atoms with Gasteiger partial charge in [-0.2, -0.15) is 0 Å². The molecule has 0 N–H and O–H groups in total. The summed E-state index contributed by atoms with van der Waals surface area (Å²) in [5.74, 6) is 0.894. The highest BCUT2D eigenvalue weighted by atomic mass is 32.2. The second-order valence-electron chi connectivity index (χ2n) is 7.17. The molecule has 0 radical (unpaired) electrons. The molecule has 4 rings (SSSR count). The van der Waals surface area contributed by atoms with Crippen LogP contribution in [-0.4, -0.2) is 29.6 Å². The Morgan fingerprint density at radius 1 is 1.03 bits per heavy atom. The second-order valence-corrected chi connectivity index (χ2v) is 8.18. The van der Waals surface area contributed by atoms with Gasteiger partial charge in [0.05, 0.1) is 17.7 Å². The van der Waals surface area contributed by atoms with Gasteiger partial charge in [0, 0.05) is 17.7 Å². The first kappa shape index (κ1) is 22.6. The molecule has 1 heterocycles. The van der Waals surface area contributed by atoms with Gasteiger partial charge >= 0.3 is 0 Å². The number of amidine groups is 1. The molecule has 0 atom stereocenters. The summed E-state index contributed by atoms with van der Waals surface area (Å²) in [5, 5.41) is 0.615. The third-order valence-corrected chi connectivity index (χ3v) is 6.05. The van der Waals surface area contributed by atoms with Crippen molar-refractivity contribution in [1.82, 2.24) is 4.90 Å². The monoisotopic (exact) mass is 462 g/mol. The number of likely N-dealkylation sites (N-methyl/N-ethyl adjacent to an activating group) is 1. The lowest BCUT2D eigenvalue weighted by atomic mass is 10.1. The van der Waals surface area contributed by atoms with E-state index in [1.165, 1.54) is 17.8 Å².